The summed E-state index contributed by atoms with van der Waals surface area (Å²) in [5.41, 5.74) is 6.15. The summed E-state index contributed by atoms with van der Waals surface area (Å²) in [5, 5.41) is 19.3. The first-order valence-corrected chi connectivity index (χ1v) is 5.64. The summed E-state index contributed by atoms with van der Waals surface area (Å²) in [5.74, 6) is -1.98. The molecule has 1 fully saturated rings. The first kappa shape index (κ1) is 13.4. The van der Waals surface area contributed by atoms with Crippen molar-refractivity contribution in [2.45, 2.75) is 37.4 Å². The summed E-state index contributed by atoms with van der Waals surface area (Å²) < 4.78 is 31.2. The van der Waals surface area contributed by atoms with Gasteiger partial charge in [-0.05, 0) is 24.6 Å². The third-order valence-electron chi connectivity index (χ3n) is 3.22. The highest BCUT2D eigenvalue weighted by molar-refractivity contribution is 5.23. The Bertz CT molecular complexity index is 443. The molecule has 0 amide bonds. The van der Waals surface area contributed by atoms with Gasteiger partial charge < -0.3 is 20.7 Å². The smallest absolute Gasteiger partial charge is 0.159 e. The van der Waals surface area contributed by atoms with E-state index in [1.165, 1.54) is 6.07 Å². The molecule has 1 heterocycles. The lowest BCUT2D eigenvalue weighted by Gasteiger charge is -2.22. The molecule has 0 aliphatic carbocycles. The highest BCUT2D eigenvalue weighted by Crippen LogP contribution is 2.29. The lowest BCUT2D eigenvalue weighted by Crippen LogP contribution is -2.38. The Morgan fingerprint density at radius 1 is 1.22 bits per heavy atom. The van der Waals surface area contributed by atoms with Gasteiger partial charge in [-0.3, -0.25) is 0 Å². The molecule has 1 aliphatic rings. The number of rotatable bonds is 2. The zero-order chi connectivity index (χ0) is 13.4. The van der Waals surface area contributed by atoms with Crippen molar-refractivity contribution in [3.63, 3.8) is 0 Å². The molecule has 4 nitrogen and oxygen atoms in total. The molecule has 18 heavy (non-hydrogen) atoms. The number of hydrogen-bond donors (Lipinski definition) is 3. The minimum atomic E-state index is -1.15. The molecule has 0 spiro atoms. The van der Waals surface area contributed by atoms with Gasteiger partial charge in [0.25, 0.3) is 0 Å². The molecule has 1 aromatic carbocycles. The maximum atomic E-state index is 13.1. The van der Waals surface area contributed by atoms with Gasteiger partial charge in [0.15, 0.2) is 11.6 Å². The second kappa shape index (κ2) is 4.89. The van der Waals surface area contributed by atoms with Crippen LogP contribution in [0.15, 0.2) is 18.2 Å². The van der Waals surface area contributed by atoms with Crippen LogP contribution in [-0.2, 0) is 4.74 Å². The van der Waals surface area contributed by atoms with Crippen LogP contribution in [0.25, 0.3) is 0 Å². The van der Waals surface area contributed by atoms with Crippen LogP contribution < -0.4 is 5.73 Å². The Morgan fingerprint density at radius 2 is 1.89 bits per heavy atom. The van der Waals surface area contributed by atoms with Crippen molar-refractivity contribution in [2.24, 2.45) is 5.73 Å². The topological polar surface area (TPSA) is 75.7 Å². The number of ether oxygens (including phenoxy) is 1. The molecular weight excluding hydrogens is 244 g/mol. The van der Waals surface area contributed by atoms with Gasteiger partial charge in [0.05, 0.1) is 12.1 Å². The third kappa shape index (κ3) is 2.24. The van der Waals surface area contributed by atoms with Gasteiger partial charge in [-0.1, -0.05) is 6.07 Å². The van der Waals surface area contributed by atoms with Gasteiger partial charge >= 0.3 is 0 Å². The molecular formula is C12H15F2NO3. The molecule has 5 atom stereocenters. The second-order valence-corrected chi connectivity index (χ2v) is 4.49. The van der Waals surface area contributed by atoms with Crippen molar-refractivity contribution in [1.29, 1.82) is 0 Å². The van der Waals surface area contributed by atoms with Crippen molar-refractivity contribution in [1.82, 2.24) is 0 Å². The van der Waals surface area contributed by atoms with Crippen LogP contribution >= 0.6 is 0 Å². The van der Waals surface area contributed by atoms with Crippen molar-refractivity contribution in [3.8, 4) is 0 Å². The van der Waals surface area contributed by atoms with E-state index < -0.39 is 42.1 Å². The number of nitrogens with two attached hydrogens (primary N) is 1. The molecule has 1 aliphatic heterocycles. The van der Waals surface area contributed by atoms with E-state index in [0.717, 1.165) is 12.1 Å². The van der Waals surface area contributed by atoms with Gasteiger partial charge in [-0.2, -0.15) is 0 Å². The first-order valence-electron chi connectivity index (χ1n) is 5.64. The van der Waals surface area contributed by atoms with Gasteiger partial charge in [0.2, 0.25) is 0 Å². The van der Waals surface area contributed by atoms with E-state index in [-0.39, 0.29) is 0 Å². The predicted octanol–water partition coefficient (Wildman–Crippen LogP) is 0.474. The molecule has 5 unspecified atom stereocenters. The molecule has 1 aromatic rings. The zero-order valence-corrected chi connectivity index (χ0v) is 9.75. The SMILES string of the molecule is CC1OC(C(N)c2ccc(F)c(F)c2)C(O)C1O. The molecule has 2 rings (SSSR count). The maximum absolute atomic E-state index is 13.1. The average Bonchev–Trinajstić information content (AvgIpc) is 2.60. The van der Waals surface area contributed by atoms with Gasteiger partial charge in [-0.15, -0.1) is 0 Å². The van der Waals surface area contributed by atoms with Crippen LogP contribution in [0.5, 0.6) is 0 Å². The zero-order valence-electron chi connectivity index (χ0n) is 9.75. The van der Waals surface area contributed by atoms with E-state index in [0.29, 0.717) is 5.56 Å². The van der Waals surface area contributed by atoms with Gasteiger partial charge in [-0.25, -0.2) is 8.78 Å². The maximum Gasteiger partial charge on any atom is 0.159 e. The van der Waals surface area contributed by atoms with Crippen molar-refractivity contribution in [3.05, 3.63) is 35.4 Å². The fraction of sp³-hybridized carbons (Fsp3) is 0.500. The van der Waals surface area contributed by atoms with Crippen LogP contribution in [0.1, 0.15) is 18.5 Å². The van der Waals surface area contributed by atoms with Crippen LogP contribution in [0, 0.1) is 11.6 Å². The van der Waals surface area contributed by atoms with E-state index in [1.807, 2.05) is 0 Å². The minimum Gasteiger partial charge on any atom is -0.388 e. The molecule has 0 radical (unpaired) electrons. The quantitative estimate of drug-likeness (QED) is 0.722. The van der Waals surface area contributed by atoms with Crippen LogP contribution in [0.3, 0.4) is 0 Å². The summed E-state index contributed by atoms with van der Waals surface area (Å²) in [6, 6.07) is 2.42. The normalized spacial score (nSPS) is 33.7. The molecule has 1 saturated heterocycles. The summed E-state index contributed by atoms with van der Waals surface area (Å²) in [4.78, 5) is 0. The van der Waals surface area contributed by atoms with E-state index in [4.69, 9.17) is 10.5 Å². The molecule has 6 heteroatoms. The number of hydrogen-bond acceptors (Lipinski definition) is 4. The summed E-state index contributed by atoms with van der Waals surface area (Å²) >= 11 is 0. The average molecular weight is 259 g/mol. The predicted molar refractivity (Wildman–Crippen MR) is 59.6 cm³/mol. The summed E-state index contributed by atoms with van der Waals surface area (Å²) in [6.07, 6.45) is -3.59. The Balaban J connectivity index is 2.21. The number of aliphatic hydroxyl groups excluding tert-OH is 2. The molecule has 0 saturated carbocycles. The standard InChI is InChI=1S/C12H15F2NO3/c1-5-10(16)11(17)12(18-5)9(15)6-2-3-7(13)8(14)4-6/h2-5,9-12,16-17H,15H2,1H3. The van der Waals surface area contributed by atoms with E-state index >= 15 is 0 Å². The molecule has 0 aromatic heterocycles. The third-order valence-corrected chi connectivity index (χ3v) is 3.22. The lowest BCUT2D eigenvalue weighted by molar-refractivity contribution is 0.0000722. The fourth-order valence-corrected chi connectivity index (χ4v) is 2.09. The lowest BCUT2D eigenvalue weighted by atomic mass is 9.97. The van der Waals surface area contributed by atoms with Gasteiger partial charge in [0.1, 0.15) is 18.3 Å². The summed E-state index contributed by atoms with van der Waals surface area (Å²) in [6.45, 7) is 1.60. The highest BCUT2D eigenvalue weighted by atomic mass is 19.2. The largest absolute Gasteiger partial charge is 0.388 e. The molecule has 4 N–H and O–H groups in total. The Labute approximate surface area is 103 Å². The second-order valence-electron chi connectivity index (χ2n) is 4.49. The Kier molecular flexibility index (Phi) is 3.63. The first-order chi connectivity index (χ1) is 8.41. The van der Waals surface area contributed by atoms with Gasteiger partial charge in [0, 0.05) is 0 Å². The molecule has 0 bridgehead atoms. The van der Waals surface area contributed by atoms with Crippen LogP contribution in [-0.4, -0.2) is 34.6 Å². The van der Waals surface area contributed by atoms with Crippen LogP contribution in [0.2, 0.25) is 0 Å². The van der Waals surface area contributed by atoms with E-state index in [9.17, 15) is 19.0 Å². The number of aliphatic hydroxyl groups is 2. The Hall–Kier alpha value is -1.08. The van der Waals surface area contributed by atoms with Crippen molar-refractivity contribution >= 4 is 0 Å². The number of halogens is 2. The van der Waals surface area contributed by atoms with Crippen LogP contribution in [0.4, 0.5) is 8.78 Å². The van der Waals surface area contributed by atoms with E-state index in [1.54, 1.807) is 6.92 Å². The highest BCUT2D eigenvalue weighted by Gasteiger charge is 2.43. The monoisotopic (exact) mass is 259 g/mol. The summed E-state index contributed by atoms with van der Waals surface area (Å²) in [7, 11) is 0. The fourth-order valence-electron chi connectivity index (χ4n) is 2.09. The Morgan fingerprint density at radius 3 is 2.39 bits per heavy atom. The minimum absolute atomic E-state index is 0.305. The molecule has 100 valence electrons. The van der Waals surface area contributed by atoms with E-state index in [2.05, 4.69) is 0 Å². The number of benzene rings is 1. The van der Waals surface area contributed by atoms with Crippen molar-refractivity contribution < 1.29 is 23.7 Å². The van der Waals surface area contributed by atoms with Crippen molar-refractivity contribution in [2.75, 3.05) is 0 Å².